The van der Waals surface area contributed by atoms with Gasteiger partial charge in [-0.05, 0) is 49.4 Å². The number of rotatable bonds is 5. The van der Waals surface area contributed by atoms with Crippen LogP contribution in [0.2, 0.25) is 5.02 Å². The maximum Gasteiger partial charge on any atom is 0.416 e. The quantitative estimate of drug-likeness (QED) is 0.331. The van der Waals surface area contributed by atoms with Gasteiger partial charge in [-0.2, -0.15) is 13.2 Å². The second-order valence-electron chi connectivity index (χ2n) is 7.28. The van der Waals surface area contributed by atoms with Crippen molar-refractivity contribution >= 4 is 40.1 Å². The van der Waals surface area contributed by atoms with E-state index in [1.807, 2.05) is 0 Å². The summed E-state index contributed by atoms with van der Waals surface area (Å²) in [6.07, 6.45) is -4.48. The van der Waals surface area contributed by atoms with Gasteiger partial charge in [0.2, 0.25) is 0 Å². The predicted octanol–water partition coefficient (Wildman–Crippen LogP) is 6.35. The number of anilines is 1. The van der Waals surface area contributed by atoms with Crippen LogP contribution in [0, 0.1) is 0 Å². The highest BCUT2D eigenvalue weighted by molar-refractivity contribution is 6.33. The lowest BCUT2D eigenvalue weighted by molar-refractivity contribution is -0.137. The predicted molar refractivity (Wildman–Crippen MR) is 119 cm³/mol. The van der Waals surface area contributed by atoms with Gasteiger partial charge in [0.25, 0.3) is 5.91 Å². The Hall–Kier alpha value is -3.85. The molecule has 2 aromatic carbocycles. The molecule has 174 valence electrons. The van der Waals surface area contributed by atoms with E-state index in [-0.39, 0.29) is 16.3 Å². The molecule has 0 saturated carbocycles. The summed E-state index contributed by atoms with van der Waals surface area (Å²) in [6.45, 7) is 1.30. The summed E-state index contributed by atoms with van der Waals surface area (Å²) in [6, 6.07) is 14.2. The topological polar surface area (TPSA) is 81.4 Å². The Labute approximate surface area is 196 Å². The molecule has 0 aliphatic rings. The van der Waals surface area contributed by atoms with Crippen LogP contribution in [0.1, 0.15) is 22.8 Å². The normalized spacial score (nSPS) is 12.4. The van der Waals surface area contributed by atoms with Gasteiger partial charge in [-0.3, -0.25) is 4.79 Å². The minimum Gasteiger partial charge on any atom is -0.463 e. The van der Waals surface area contributed by atoms with Gasteiger partial charge in [-0.1, -0.05) is 29.8 Å². The minimum absolute atomic E-state index is 0.0944. The number of hydrogen-bond acceptors (Lipinski definition) is 5. The Balaban J connectivity index is 1.57. The zero-order chi connectivity index (χ0) is 24.5. The van der Waals surface area contributed by atoms with Gasteiger partial charge in [0, 0.05) is 5.39 Å². The van der Waals surface area contributed by atoms with Crippen LogP contribution in [0.4, 0.5) is 18.9 Å². The molecule has 1 atom stereocenters. The zero-order valence-electron chi connectivity index (χ0n) is 17.5. The maximum atomic E-state index is 13.0. The van der Waals surface area contributed by atoms with Gasteiger partial charge in [0.05, 0.1) is 33.6 Å². The Kier molecular flexibility index (Phi) is 6.30. The number of carbonyl (C=O) groups is 2. The molecule has 0 bridgehead atoms. The fourth-order valence-corrected chi connectivity index (χ4v) is 3.37. The number of nitrogens with zero attached hydrogens (tertiary/aromatic N) is 1. The van der Waals surface area contributed by atoms with Crippen LogP contribution in [-0.4, -0.2) is 23.0 Å². The average Bonchev–Trinajstić information content (AvgIpc) is 3.34. The van der Waals surface area contributed by atoms with Crippen molar-refractivity contribution in [3.05, 3.63) is 83.1 Å². The standard InChI is InChI=1S/C24H16ClF3N2O4/c1-13(22(31)30-19-11-14(24(26,27)28)8-9-17(19)25)34-23(32)16-12-20(21-7-4-10-33-21)29-18-6-3-2-5-15(16)18/h2-13H,1H3,(H,30,31). The van der Waals surface area contributed by atoms with E-state index in [4.69, 9.17) is 20.8 Å². The second kappa shape index (κ2) is 9.18. The smallest absolute Gasteiger partial charge is 0.416 e. The van der Waals surface area contributed by atoms with Crippen molar-refractivity contribution in [2.24, 2.45) is 0 Å². The first kappa shape index (κ1) is 23.3. The first-order valence-corrected chi connectivity index (χ1v) is 10.3. The third-order valence-electron chi connectivity index (χ3n) is 4.91. The van der Waals surface area contributed by atoms with Crippen molar-refractivity contribution in [2.45, 2.75) is 19.2 Å². The van der Waals surface area contributed by atoms with Gasteiger partial charge in [0.1, 0.15) is 5.69 Å². The average molecular weight is 489 g/mol. The number of fused-ring (bicyclic) bond motifs is 1. The van der Waals surface area contributed by atoms with E-state index in [0.29, 0.717) is 28.4 Å². The number of para-hydroxylation sites is 1. The lowest BCUT2D eigenvalue weighted by atomic mass is 10.1. The number of ether oxygens (including phenoxy) is 1. The van der Waals surface area contributed by atoms with Crippen molar-refractivity contribution in [1.82, 2.24) is 4.98 Å². The highest BCUT2D eigenvalue weighted by Gasteiger charge is 2.31. The van der Waals surface area contributed by atoms with E-state index in [1.165, 1.54) is 19.3 Å². The third-order valence-corrected chi connectivity index (χ3v) is 5.24. The molecule has 2 heterocycles. The Morgan fingerprint density at radius 2 is 1.85 bits per heavy atom. The molecule has 4 rings (SSSR count). The lowest BCUT2D eigenvalue weighted by Crippen LogP contribution is -2.30. The maximum absolute atomic E-state index is 13.0. The number of halogens is 4. The number of benzene rings is 2. The summed E-state index contributed by atoms with van der Waals surface area (Å²) >= 11 is 5.92. The summed E-state index contributed by atoms with van der Waals surface area (Å²) in [7, 11) is 0. The molecule has 10 heteroatoms. The summed E-state index contributed by atoms with van der Waals surface area (Å²) in [5, 5.41) is 2.68. The van der Waals surface area contributed by atoms with Crippen LogP contribution in [-0.2, 0) is 15.7 Å². The van der Waals surface area contributed by atoms with Gasteiger partial charge in [-0.15, -0.1) is 0 Å². The zero-order valence-corrected chi connectivity index (χ0v) is 18.3. The summed E-state index contributed by atoms with van der Waals surface area (Å²) in [5.41, 5.74) is -0.183. The van der Waals surface area contributed by atoms with Crippen molar-refractivity contribution in [3.8, 4) is 11.5 Å². The van der Waals surface area contributed by atoms with E-state index < -0.39 is 29.7 Å². The summed E-state index contributed by atoms with van der Waals surface area (Å²) in [4.78, 5) is 30.0. The van der Waals surface area contributed by atoms with Crippen molar-refractivity contribution < 1.29 is 31.9 Å². The van der Waals surface area contributed by atoms with Crippen LogP contribution in [0.3, 0.4) is 0 Å². The summed E-state index contributed by atoms with van der Waals surface area (Å²) in [5.74, 6) is -1.23. The number of aromatic nitrogens is 1. The molecule has 6 nitrogen and oxygen atoms in total. The second-order valence-corrected chi connectivity index (χ2v) is 7.69. The molecule has 0 fully saturated rings. The largest absolute Gasteiger partial charge is 0.463 e. The van der Waals surface area contributed by atoms with Crippen LogP contribution in [0.5, 0.6) is 0 Å². The van der Waals surface area contributed by atoms with Crippen LogP contribution < -0.4 is 5.32 Å². The summed E-state index contributed by atoms with van der Waals surface area (Å²) < 4.78 is 49.6. The number of hydrogen-bond donors (Lipinski definition) is 1. The Bertz CT molecular complexity index is 1370. The molecule has 4 aromatic rings. The first-order chi connectivity index (χ1) is 16.1. The molecule has 0 radical (unpaired) electrons. The Morgan fingerprint density at radius 3 is 2.56 bits per heavy atom. The molecule has 0 aliphatic carbocycles. The minimum atomic E-state index is -4.61. The van der Waals surface area contributed by atoms with Gasteiger partial charge >= 0.3 is 12.1 Å². The molecule has 2 aromatic heterocycles. The van der Waals surface area contributed by atoms with Crippen molar-refractivity contribution in [3.63, 3.8) is 0 Å². The molecule has 0 spiro atoms. The fourth-order valence-electron chi connectivity index (χ4n) is 3.20. The van der Waals surface area contributed by atoms with E-state index in [0.717, 1.165) is 12.1 Å². The van der Waals surface area contributed by atoms with Gasteiger partial charge in [-0.25, -0.2) is 9.78 Å². The molecule has 0 saturated heterocycles. The number of carbonyl (C=O) groups excluding carboxylic acids is 2. The SMILES string of the molecule is CC(OC(=O)c1cc(-c2ccco2)nc2ccccc12)C(=O)Nc1cc(C(F)(F)F)ccc1Cl. The number of esters is 1. The molecule has 1 unspecified atom stereocenters. The van der Waals surface area contributed by atoms with E-state index in [9.17, 15) is 22.8 Å². The highest BCUT2D eigenvalue weighted by Crippen LogP contribution is 2.34. The van der Waals surface area contributed by atoms with E-state index in [1.54, 1.807) is 36.4 Å². The third kappa shape index (κ3) is 4.89. The molecule has 0 aliphatic heterocycles. The molecule has 1 N–H and O–H groups in total. The fraction of sp³-hybridized carbons (Fsp3) is 0.125. The highest BCUT2D eigenvalue weighted by atomic mass is 35.5. The number of pyridine rings is 1. The van der Waals surface area contributed by atoms with E-state index >= 15 is 0 Å². The lowest BCUT2D eigenvalue weighted by Gasteiger charge is -2.16. The van der Waals surface area contributed by atoms with Crippen LogP contribution in [0.15, 0.2) is 71.3 Å². The van der Waals surface area contributed by atoms with Gasteiger partial charge in [0.15, 0.2) is 11.9 Å². The number of nitrogens with one attached hydrogen (secondary N) is 1. The monoisotopic (exact) mass is 488 g/mol. The molecular weight excluding hydrogens is 473 g/mol. The Morgan fingerprint density at radius 1 is 1.09 bits per heavy atom. The number of alkyl halides is 3. The number of amides is 1. The first-order valence-electron chi connectivity index (χ1n) is 9.96. The van der Waals surface area contributed by atoms with Gasteiger partial charge < -0.3 is 14.5 Å². The molecule has 1 amide bonds. The van der Waals surface area contributed by atoms with Crippen molar-refractivity contribution in [1.29, 1.82) is 0 Å². The molecular formula is C24H16ClF3N2O4. The van der Waals surface area contributed by atoms with Crippen LogP contribution in [0.25, 0.3) is 22.4 Å². The number of furan rings is 1. The van der Waals surface area contributed by atoms with Crippen molar-refractivity contribution in [2.75, 3.05) is 5.32 Å². The molecule has 34 heavy (non-hydrogen) atoms. The van der Waals surface area contributed by atoms with Crippen LogP contribution >= 0.6 is 11.6 Å². The van der Waals surface area contributed by atoms with E-state index in [2.05, 4.69) is 10.3 Å².